The van der Waals surface area contributed by atoms with Crippen LogP contribution in [0.5, 0.6) is 5.75 Å². The molecule has 5 rings (SSSR count). The predicted molar refractivity (Wildman–Crippen MR) is 152 cm³/mol. The van der Waals surface area contributed by atoms with E-state index in [1.54, 1.807) is 67.0 Å². The maximum absolute atomic E-state index is 12.8. The van der Waals surface area contributed by atoms with Crippen LogP contribution >= 0.6 is 23.1 Å². The van der Waals surface area contributed by atoms with E-state index in [0.717, 1.165) is 14.6 Å². The molecule has 0 saturated carbocycles. The Bertz CT molecular complexity index is 1620. The Morgan fingerprint density at radius 1 is 1.03 bits per heavy atom. The highest BCUT2D eigenvalue weighted by atomic mass is 32.2. The van der Waals surface area contributed by atoms with Crippen molar-refractivity contribution in [2.45, 2.75) is 10.1 Å². The minimum atomic E-state index is -0.366. The third-order valence-corrected chi connectivity index (χ3v) is 7.45. The van der Waals surface area contributed by atoms with Crippen molar-refractivity contribution in [1.82, 2.24) is 20.3 Å². The van der Waals surface area contributed by atoms with Gasteiger partial charge >= 0.3 is 0 Å². The van der Waals surface area contributed by atoms with E-state index in [1.165, 1.54) is 17.8 Å². The molecule has 1 amide bonds. The number of aromatic amines is 1. The number of methoxy groups -OCH3 is 1. The highest BCUT2D eigenvalue weighted by Crippen LogP contribution is 2.31. The minimum absolute atomic E-state index is 0.0572. The molecule has 190 valence electrons. The summed E-state index contributed by atoms with van der Waals surface area (Å²) in [6, 6.07) is 25.2. The molecular weight excluding hydrogens is 520 g/mol. The largest absolute Gasteiger partial charge is 0.497 e. The normalized spacial score (nSPS) is 11.3. The lowest BCUT2D eigenvalue weighted by Gasteiger charge is -2.12. The number of thiazole rings is 1. The van der Waals surface area contributed by atoms with E-state index in [2.05, 4.69) is 30.6 Å². The number of hydrogen-bond acceptors (Lipinski definition) is 8. The number of guanidine groups is 1. The first kappa shape index (κ1) is 25.2. The molecule has 0 aliphatic heterocycles. The van der Waals surface area contributed by atoms with Crippen molar-refractivity contribution in [2.24, 2.45) is 4.99 Å². The number of H-pyrrole nitrogens is 1. The molecule has 0 spiro atoms. The van der Waals surface area contributed by atoms with Gasteiger partial charge in [0.2, 0.25) is 11.9 Å². The van der Waals surface area contributed by atoms with Gasteiger partial charge in [0.25, 0.3) is 11.5 Å². The van der Waals surface area contributed by atoms with Gasteiger partial charge < -0.3 is 10.1 Å². The Morgan fingerprint density at radius 3 is 2.55 bits per heavy atom. The number of fused-ring (bicyclic) bond motifs is 1. The molecule has 3 N–H and O–H groups in total. The van der Waals surface area contributed by atoms with Gasteiger partial charge in [-0.2, -0.15) is 4.99 Å². The summed E-state index contributed by atoms with van der Waals surface area (Å²) in [5, 5.41) is 5.84. The molecule has 5 aromatic rings. The van der Waals surface area contributed by atoms with Gasteiger partial charge in [-0.3, -0.25) is 19.9 Å². The number of carbonyl (C=O) groups excluding carboxylic acids is 1. The molecule has 9 nitrogen and oxygen atoms in total. The van der Waals surface area contributed by atoms with E-state index in [-0.39, 0.29) is 23.4 Å². The average Bonchev–Trinajstić information content (AvgIpc) is 3.36. The fraction of sp³-hybridized carbons (Fsp3) is 0.0741. The number of hydrogen-bond donors (Lipinski definition) is 3. The summed E-state index contributed by atoms with van der Waals surface area (Å²) in [6.45, 7) is 0. The number of nitrogens with one attached hydrogen (secondary N) is 3. The molecule has 11 heteroatoms. The number of amides is 1. The Labute approximate surface area is 226 Å². The van der Waals surface area contributed by atoms with Crippen LogP contribution in [-0.2, 0) is 5.75 Å². The average molecular weight is 543 g/mol. The smallest absolute Gasteiger partial charge is 0.257 e. The molecule has 0 saturated heterocycles. The van der Waals surface area contributed by atoms with Crippen molar-refractivity contribution in [3.05, 3.63) is 107 Å². The van der Waals surface area contributed by atoms with Crippen LogP contribution in [0.25, 0.3) is 10.2 Å². The number of anilines is 1. The first-order valence-electron chi connectivity index (χ1n) is 11.5. The lowest BCUT2D eigenvalue weighted by Crippen LogP contribution is -2.36. The van der Waals surface area contributed by atoms with Crippen molar-refractivity contribution in [3.8, 4) is 5.75 Å². The fourth-order valence-corrected chi connectivity index (χ4v) is 5.40. The van der Waals surface area contributed by atoms with Crippen molar-refractivity contribution in [2.75, 3.05) is 12.4 Å². The van der Waals surface area contributed by atoms with Crippen molar-refractivity contribution < 1.29 is 9.53 Å². The molecule has 0 radical (unpaired) electrons. The van der Waals surface area contributed by atoms with Gasteiger partial charge in [0.15, 0.2) is 4.34 Å². The summed E-state index contributed by atoms with van der Waals surface area (Å²) in [4.78, 5) is 41.4. The number of para-hydroxylation sites is 1. The first-order chi connectivity index (χ1) is 18.6. The zero-order valence-electron chi connectivity index (χ0n) is 20.2. The van der Waals surface area contributed by atoms with E-state index in [1.807, 2.05) is 30.3 Å². The Kier molecular flexibility index (Phi) is 7.76. The monoisotopic (exact) mass is 542 g/mol. The zero-order chi connectivity index (χ0) is 26.3. The molecule has 0 fully saturated rings. The molecule has 38 heavy (non-hydrogen) atoms. The van der Waals surface area contributed by atoms with Crippen LogP contribution in [-0.4, -0.2) is 33.9 Å². The number of nitrogens with zero attached hydrogens (tertiary/aromatic N) is 3. The molecular formula is C27H22N6O3S2. The van der Waals surface area contributed by atoms with Gasteiger partial charge in [-0.15, -0.1) is 11.3 Å². The number of aromatic nitrogens is 3. The van der Waals surface area contributed by atoms with E-state index < -0.39 is 0 Å². The minimum Gasteiger partial charge on any atom is -0.497 e. The van der Waals surface area contributed by atoms with Crippen molar-refractivity contribution in [1.29, 1.82) is 0 Å². The van der Waals surface area contributed by atoms with Gasteiger partial charge in [0.1, 0.15) is 5.75 Å². The van der Waals surface area contributed by atoms with Gasteiger partial charge in [-0.25, -0.2) is 9.97 Å². The Hall–Kier alpha value is -4.48. The molecule has 0 unspecified atom stereocenters. The standard InChI is InChI=1S/C27H22N6O3S2/c1-36-20-13-11-18(12-14-20)28-26(32-24(35)17-7-3-2-4-8-17)33-25-29-19(15-23(34)31-25)16-37-27-30-21-9-5-6-10-22(21)38-27/h2-15H,16H2,1H3,(H3,28,29,31,32,33,34,35). The fourth-order valence-electron chi connectivity index (χ4n) is 3.44. The molecule has 2 aromatic heterocycles. The van der Waals surface area contributed by atoms with Gasteiger partial charge in [-0.05, 0) is 48.5 Å². The van der Waals surface area contributed by atoms with Gasteiger partial charge in [0, 0.05) is 23.1 Å². The number of thioether (sulfide) groups is 1. The summed E-state index contributed by atoms with van der Waals surface area (Å²) < 4.78 is 7.19. The third kappa shape index (κ3) is 6.44. The van der Waals surface area contributed by atoms with Crippen LogP contribution in [0.1, 0.15) is 16.1 Å². The maximum atomic E-state index is 12.8. The Morgan fingerprint density at radius 2 is 1.79 bits per heavy atom. The molecule has 0 aliphatic rings. The van der Waals surface area contributed by atoms with Crippen LogP contribution in [0.3, 0.4) is 0 Å². The van der Waals surface area contributed by atoms with Crippen LogP contribution in [0.4, 0.5) is 11.6 Å². The first-order valence-corrected chi connectivity index (χ1v) is 13.3. The summed E-state index contributed by atoms with van der Waals surface area (Å²) in [5.74, 6) is 0.913. The van der Waals surface area contributed by atoms with Crippen LogP contribution in [0.15, 0.2) is 99.1 Å². The summed E-state index contributed by atoms with van der Waals surface area (Å²) in [5.41, 5.74) is 2.24. The second kappa shape index (κ2) is 11.7. The van der Waals surface area contributed by atoms with Crippen molar-refractivity contribution in [3.63, 3.8) is 0 Å². The van der Waals surface area contributed by atoms with Crippen LogP contribution in [0, 0.1) is 0 Å². The van der Waals surface area contributed by atoms with Gasteiger partial charge in [0.05, 0.1) is 23.0 Å². The lowest BCUT2D eigenvalue weighted by molar-refractivity contribution is 0.0977. The van der Waals surface area contributed by atoms with E-state index in [0.29, 0.717) is 28.4 Å². The number of aliphatic imine (C=N–C) groups is 1. The molecule has 0 bridgehead atoms. The summed E-state index contributed by atoms with van der Waals surface area (Å²) >= 11 is 3.08. The molecule has 3 aromatic carbocycles. The zero-order valence-corrected chi connectivity index (χ0v) is 21.8. The van der Waals surface area contributed by atoms with E-state index >= 15 is 0 Å². The van der Waals surface area contributed by atoms with E-state index in [4.69, 9.17) is 4.74 Å². The van der Waals surface area contributed by atoms with Gasteiger partial charge in [-0.1, -0.05) is 42.1 Å². The molecule has 0 atom stereocenters. The SMILES string of the molecule is COc1ccc(N/C(=N\c2nc(CSc3nc4ccccc4s3)cc(=O)[nH]2)NC(=O)c2ccccc2)cc1. The number of rotatable bonds is 7. The summed E-state index contributed by atoms with van der Waals surface area (Å²) in [7, 11) is 1.58. The second-order valence-electron chi connectivity index (χ2n) is 7.93. The summed E-state index contributed by atoms with van der Waals surface area (Å²) in [6.07, 6.45) is 0. The number of benzene rings is 3. The van der Waals surface area contributed by atoms with E-state index in [9.17, 15) is 9.59 Å². The lowest BCUT2D eigenvalue weighted by atomic mass is 10.2. The maximum Gasteiger partial charge on any atom is 0.257 e. The van der Waals surface area contributed by atoms with Crippen LogP contribution < -0.4 is 20.9 Å². The highest BCUT2D eigenvalue weighted by molar-refractivity contribution is 8.00. The topological polar surface area (TPSA) is 121 Å². The number of carbonyl (C=O) groups is 1. The molecule has 2 heterocycles. The molecule has 0 aliphatic carbocycles. The van der Waals surface area contributed by atoms with Crippen molar-refractivity contribution >= 4 is 56.8 Å². The Balaban J connectivity index is 1.39. The predicted octanol–water partition coefficient (Wildman–Crippen LogP) is 5.21. The number of ether oxygens (including phenoxy) is 1. The third-order valence-electron chi connectivity index (χ3n) is 5.24. The second-order valence-corrected chi connectivity index (χ2v) is 10.2. The quantitative estimate of drug-likeness (QED) is 0.147. The highest BCUT2D eigenvalue weighted by Gasteiger charge is 2.12. The van der Waals surface area contributed by atoms with Crippen LogP contribution in [0.2, 0.25) is 0 Å².